The van der Waals surface area contributed by atoms with Crippen molar-refractivity contribution in [1.29, 1.82) is 0 Å². The average molecular weight is 334 g/mol. The van der Waals surface area contributed by atoms with E-state index in [2.05, 4.69) is 14.7 Å². The maximum Gasteiger partial charge on any atom is 0.301 e. The molecule has 7 nitrogen and oxygen atoms in total. The summed E-state index contributed by atoms with van der Waals surface area (Å²) >= 11 is 0. The van der Waals surface area contributed by atoms with Crippen LogP contribution in [0.1, 0.15) is 19.3 Å². The van der Waals surface area contributed by atoms with Crippen LogP contribution in [0.4, 0.5) is 5.69 Å². The molecule has 0 spiro atoms. The van der Waals surface area contributed by atoms with E-state index in [0.717, 1.165) is 19.3 Å². The van der Waals surface area contributed by atoms with E-state index in [0.29, 0.717) is 30.4 Å². The molecule has 122 valence electrons. The van der Waals surface area contributed by atoms with E-state index in [1.807, 2.05) is 0 Å². The van der Waals surface area contributed by atoms with Crippen LogP contribution >= 0.6 is 0 Å². The lowest BCUT2D eigenvalue weighted by molar-refractivity contribution is 0.349. The Balaban J connectivity index is 1.72. The Hall–Kier alpha value is -2.19. The number of piperidine rings is 1. The van der Waals surface area contributed by atoms with Gasteiger partial charge in [-0.25, -0.2) is 4.98 Å². The first kappa shape index (κ1) is 15.7. The van der Waals surface area contributed by atoms with Gasteiger partial charge in [-0.1, -0.05) is 12.5 Å². The summed E-state index contributed by atoms with van der Waals surface area (Å²) in [7, 11) is -3.53. The van der Waals surface area contributed by atoms with Gasteiger partial charge in [-0.2, -0.15) is 12.7 Å². The third-order valence-electron chi connectivity index (χ3n) is 3.50. The maximum absolute atomic E-state index is 12.4. The first-order chi connectivity index (χ1) is 11.1. The minimum atomic E-state index is -3.53. The molecule has 8 heteroatoms. The topological polar surface area (TPSA) is 84.4 Å². The highest BCUT2D eigenvalue weighted by atomic mass is 32.2. The number of aromatic nitrogens is 2. The Morgan fingerprint density at radius 2 is 1.96 bits per heavy atom. The molecule has 1 aromatic heterocycles. The Kier molecular flexibility index (Phi) is 4.73. The standard InChI is InChI=1S/C15H18N4O3S/c20-23(21,19-9-2-1-3-10-19)18-13-5-4-6-14(11-13)22-15-12-16-7-8-17-15/h4-8,11-12,18H,1-3,9-10H2. The molecule has 1 N–H and O–H groups in total. The Bertz CT molecular complexity index is 746. The van der Waals surface area contributed by atoms with Gasteiger partial charge < -0.3 is 4.74 Å². The number of nitrogens with one attached hydrogen (secondary N) is 1. The van der Waals surface area contributed by atoms with Crippen molar-refractivity contribution in [2.45, 2.75) is 19.3 Å². The van der Waals surface area contributed by atoms with Crippen LogP contribution in [0.5, 0.6) is 11.6 Å². The molecule has 0 aliphatic carbocycles. The molecule has 2 heterocycles. The first-order valence-corrected chi connectivity index (χ1v) is 8.89. The largest absolute Gasteiger partial charge is 0.437 e. The molecule has 0 radical (unpaired) electrons. The summed E-state index contributed by atoms with van der Waals surface area (Å²) < 4.78 is 34.4. The van der Waals surface area contributed by atoms with Gasteiger partial charge in [0.25, 0.3) is 0 Å². The van der Waals surface area contributed by atoms with Crippen molar-refractivity contribution in [1.82, 2.24) is 14.3 Å². The van der Waals surface area contributed by atoms with Gasteiger partial charge in [0.2, 0.25) is 5.88 Å². The van der Waals surface area contributed by atoms with Crippen LogP contribution in [0.25, 0.3) is 0 Å². The molecule has 0 amide bonds. The van der Waals surface area contributed by atoms with E-state index in [9.17, 15) is 8.42 Å². The number of hydrogen-bond donors (Lipinski definition) is 1. The van der Waals surface area contributed by atoms with Crippen molar-refractivity contribution < 1.29 is 13.2 Å². The zero-order valence-corrected chi connectivity index (χ0v) is 13.4. The summed E-state index contributed by atoms with van der Waals surface area (Å²) in [6.45, 7) is 1.12. The summed E-state index contributed by atoms with van der Waals surface area (Å²) in [5, 5.41) is 0. The van der Waals surface area contributed by atoms with Crippen molar-refractivity contribution in [3.63, 3.8) is 0 Å². The van der Waals surface area contributed by atoms with Gasteiger partial charge in [-0.15, -0.1) is 0 Å². The van der Waals surface area contributed by atoms with E-state index in [4.69, 9.17) is 4.74 Å². The second-order valence-corrected chi connectivity index (χ2v) is 6.91. The fraction of sp³-hybridized carbons (Fsp3) is 0.333. The van der Waals surface area contributed by atoms with Crippen molar-refractivity contribution in [2.75, 3.05) is 17.8 Å². The Labute approximate surface area is 135 Å². The van der Waals surface area contributed by atoms with Gasteiger partial charge in [-0.3, -0.25) is 9.71 Å². The Morgan fingerprint density at radius 3 is 2.70 bits per heavy atom. The number of ether oxygens (including phenoxy) is 1. The highest BCUT2D eigenvalue weighted by Crippen LogP contribution is 2.23. The number of nitrogens with zero attached hydrogens (tertiary/aromatic N) is 3. The molecular formula is C15H18N4O3S. The lowest BCUT2D eigenvalue weighted by Gasteiger charge is -2.26. The van der Waals surface area contributed by atoms with E-state index in [-0.39, 0.29) is 0 Å². The molecule has 3 rings (SSSR count). The van der Waals surface area contributed by atoms with Crippen LogP contribution in [-0.2, 0) is 10.2 Å². The van der Waals surface area contributed by atoms with Crippen LogP contribution in [-0.4, -0.2) is 35.8 Å². The number of anilines is 1. The van der Waals surface area contributed by atoms with Crippen LogP contribution < -0.4 is 9.46 Å². The predicted molar refractivity (Wildman–Crippen MR) is 86.5 cm³/mol. The molecule has 1 fully saturated rings. The second kappa shape index (κ2) is 6.93. The maximum atomic E-state index is 12.4. The average Bonchev–Trinajstić information content (AvgIpc) is 2.56. The van der Waals surface area contributed by atoms with E-state index >= 15 is 0 Å². The molecule has 1 aliphatic heterocycles. The normalized spacial score (nSPS) is 16.0. The number of rotatable bonds is 5. The van der Waals surface area contributed by atoms with Crippen molar-refractivity contribution in [2.24, 2.45) is 0 Å². The van der Waals surface area contributed by atoms with Gasteiger partial charge in [0.1, 0.15) is 5.75 Å². The molecular weight excluding hydrogens is 316 g/mol. The fourth-order valence-electron chi connectivity index (χ4n) is 2.40. The first-order valence-electron chi connectivity index (χ1n) is 7.45. The van der Waals surface area contributed by atoms with Crippen molar-refractivity contribution in [3.05, 3.63) is 42.9 Å². The quantitative estimate of drug-likeness (QED) is 0.907. The highest BCUT2D eigenvalue weighted by molar-refractivity contribution is 7.90. The van der Waals surface area contributed by atoms with Crippen molar-refractivity contribution in [3.8, 4) is 11.6 Å². The van der Waals surface area contributed by atoms with Gasteiger partial charge in [0.05, 0.1) is 11.9 Å². The zero-order chi connectivity index (χ0) is 16.1. The zero-order valence-electron chi connectivity index (χ0n) is 12.6. The lowest BCUT2D eigenvalue weighted by atomic mass is 10.2. The second-order valence-electron chi connectivity index (χ2n) is 5.24. The molecule has 1 aliphatic rings. The molecule has 0 unspecified atom stereocenters. The van der Waals surface area contributed by atoms with Gasteiger partial charge in [-0.05, 0) is 25.0 Å². The molecule has 1 saturated heterocycles. The predicted octanol–water partition coefficient (Wildman–Crippen LogP) is 2.41. The van der Waals surface area contributed by atoms with Crippen LogP contribution in [0, 0.1) is 0 Å². The molecule has 2 aromatic rings. The number of hydrogen-bond acceptors (Lipinski definition) is 5. The third-order valence-corrected chi connectivity index (χ3v) is 5.04. The molecule has 1 aromatic carbocycles. The highest BCUT2D eigenvalue weighted by Gasteiger charge is 2.23. The lowest BCUT2D eigenvalue weighted by Crippen LogP contribution is -2.39. The molecule has 23 heavy (non-hydrogen) atoms. The third kappa shape index (κ3) is 4.17. The fourth-order valence-corrected chi connectivity index (χ4v) is 3.69. The molecule has 0 saturated carbocycles. The van der Waals surface area contributed by atoms with Crippen LogP contribution in [0.2, 0.25) is 0 Å². The SMILES string of the molecule is O=S(=O)(Nc1cccc(Oc2cnccn2)c1)N1CCCCC1. The summed E-state index contributed by atoms with van der Waals surface area (Å²) in [5.41, 5.74) is 0.456. The summed E-state index contributed by atoms with van der Waals surface area (Å²) in [4.78, 5) is 7.94. The Morgan fingerprint density at radius 1 is 1.13 bits per heavy atom. The minimum absolute atomic E-state index is 0.350. The molecule has 0 bridgehead atoms. The molecule has 0 atom stereocenters. The van der Waals surface area contributed by atoms with Gasteiger partial charge >= 0.3 is 10.2 Å². The summed E-state index contributed by atoms with van der Waals surface area (Å²) in [6, 6.07) is 6.76. The van der Waals surface area contributed by atoms with Gasteiger partial charge in [0, 0.05) is 31.5 Å². The number of benzene rings is 1. The van der Waals surface area contributed by atoms with Crippen LogP contribution in [0.15, 0.2) is 42.9 Å². The van der Waals surface area contributed by atoms with Crippen LogP contribution in [0.3, 0.4) is 0 Å². The summed E-state index contributed by atoms with van der Waals surface area (Å²) in [5.74, 6) is 0.841. The monoisotopic (exact) mass is 334 g/mol. The summed E-state index contributed by atoms with van der Waals surface area (Å²) in [6.07, 6.45) is 7.44. The van der Waals surface area contributed by atoms with E-state index in [1.165, 1.54) is 16.7 Å². The van der Waals surface area contributed by atoms with E-state index < -0.39 is 10.2 Å². The smallest absolute Gasteiger partial charge is 0.301 e. The van der Waals surface area contributed by atoms with Crippen molar-refractivity contribution >= 4 is 15.9 Å². The van der Waals surface area contributed by atoms with E-state index in [1.54, 1.807) is 30.5 Å². The minimum Gasteiger partial charge on any atom is -0.437 e. The van der Waals surface area contributed by atoms with Gasteiger partial charge in [0.15, 0.2) is 0 Å².